The van der Waals surface area contributed by atoms with Gasteiger partial charge in [-0.15, -0.1) is 11.3 Å². The molecule has 1 N–H and O–H groups in total. The van der Waals surface area contributed by atoms with Crippen LogP contribution in [0.3, 0.4) is 0 Å². The molecule has 0 atom stereocenters. The molecule has 0 saturated carbocycles. The Hall–Kier alpha value is -2.37. The summed E-state index contributed by atoms with van der Waals surface area (Å²) in [6.45, 7) is 2.34. The van der Waals surface area contributed by atoms with Crippen molar-refractivity contribution in [2.24, 2.45) is 0 Å². The quantitative estimate of drug-likeness (QED) is 0.648. The zero-order valence-corrected chi connectivity index (χ0v) is 15.2. The normalized spacial score (nSPS) is 10.5. The van der Waals surface area contributed by atoms with Crippen molar-refractivity contribution in [2.75, 3.05) is 11.9 Å². The minimum atomic E-state index is -0.121. The highest BCUT2D eigenvalue weighted by Gasteiger charge is 2.08. The molecule has 3 aromatic rings. The Morgan fingerprint density at radius 1 is 1.16 bits per heavy atom. The topological polar surface area (TPSA) is 51.2 Å². The van der Waals surface area contributed by atoms with E-state index in [0.29, 0.717) is 16.8 Å². The molecular formula is C19H17ClN2O2S. The number of amides is 1. The van der Waals surface area contributed by atoms with Gasteiger partial charge >= 0.3 is 0 Å². The molecule has 0 aliphatic rings. The van der Waals surface area contributed by atoms with Gasteiger partial charge < -0.3 is 10.1 Å². The molecule has 1 amide bonds. The molecule has 0 spiro atoms. The number of carbonyl (C=O) groups excluding carboxylic acids is 1. The lowest BCUT2D eigenvalue weighted by molar-refractivity contribution is -0.116. The van der Waals surface area contributed by atoms with E-state index in [4.69, 9.17) is 16.3 Å². The molecule has 0 radical (unpaired) electrons. The first-order valence-corrected chi connectivity index (χ1v) is 9.07. The predicted molar refractivity (Wildman–Crippen MR) is 102 cm³/mol. The van der Waals surface area contributed by atoms with Crippen molar-refractivity contribution in [1.82, 2.24) is 4.98 Å². The van der Waals surface area contributed by atoms with Crippen molar-refractivity contribution in [3.63, 3.8) is 0 Å². The highest BCUT2D eigenvalue weighted by atomic mass is 35.5. The second-order valence-corrected chi connectivity index (χ2v) is 6.80. The molecule has 25 heavy (non-hydrogen) atoms. The maximum absolute atomic E-state index is 12.0. The molecule has 0 fully saturated rings. The third-order valence-corrected chi connectivity index (χ3v) is 4.52. The molecule has 0 aliphatic carbocycles. The summed E-state index contributed by atoms with van der Waals surface area (Å²) in [5.74, 6) is 0.641. The standard InChI is InChI=1S/C19H17ClN2O2S/c1-13-2-8-16(9-3-13)24-11-10-18(23)22-19-21-17(12-25-19)14-4-6-15(20)7-5-14/h2-9,12H,10-11H2,1H3,(H,21,22,23). The molecule has 0 bridgehead atoms. The van der Waals surface area contributed by atoms with Crippen LogP contribution in [0.1, 0.15) is 12.0 Å². The van der Waals surface area contributed by atoms with Crippen LogP contribution in [0.5, 0.6) is 5.75 Å². The first-order valence-electron chi connectivity index (χ1n) is 7.81. The van der Waals surface area contributed by atoms with Gasteiger partial charge in [0.25, 0.3) is 0 Å². The molecule has 3 rings (SSSR count). The molecule has 1 heterocycles. The van der Waals surface area contributed by atoms with Gasteiger partial charge in [0.15, 0.2) is 5.13 Å². The van der Waals surface area contributed by atoms with Gasteiger partial charge in [0.2, 0.25) is 5.91 Å². The number of aryl methyl sites for hydroxylation is 1. The zero-order valence-electron chi connectivity index (χ0n) is 13.7. The fourth-order valence-corrected chi connectivity index (χ4v) is 3.02. The molecule has 128 valence electrons. The summed E-state index contributed by atoms with van der Waals surface area (Å²) in [5.41, 5.74) is 2.95. The third kappa shape index (κ3) is 5.05. The van der Waals surface area contributed by atoms with Crippen LogP contribution in [-0.2, 0) is 4.79 Å². The van der Waals surface area contributed by atoms with Gasteiger partial charge in [-0.1, -0.05) is 41.4 Å². The number of anilines is 1. The number of carbonyl (C=O) groups is 1. The largest absolute Gasteiger partial charge is 0.493 e. The summed E-state index contributed by atoms with van der Waals surface area (Å²) in [6.07, 6.45) is 0.268. The Morgan fingerprint density at radius 3 is 2.60 bits per heavy atom. The Morgan fingerprint density at radius 2 is 1.88 bits per heavy atom. The van der Waals surface area contributed by atoms with Gasteiger partial charge in [-0.25, -0.2) is 4.98 Å². The fourth-order valence-electron chi connectivity index (χ4n) is 2.16. The average molecular weight is 373 g/mol. The van der Waals surface area contributed by atoms with Crippen LogP contribution in [0.2, 0.25) is 5.02 Å². The molecule has 2 aromatic carbocycles. The number of ether oxygens (including phenoxy) is 1. The lowest BCUT2D eigenvalue weighted by Crippen LogP contribution is -2.15. The average Bonchev–Trinajstić information content (AvgIpc) is 3.06. The maximum Gasteiger partial charge on any atom is 0.229 e. The van der Waals surface area contributed by atoms with Crippen LogP contribution < -0.4 is 10.1 Å². The van der Waals surface area contributed by atoms with Crippen LogP contribution in [0.25, 0.3) is 11.3 Å². The van der Waals surface area contributed by atoms with Crippen molar-refractivity contribution in [3.05, 3.63) is 64.5 Å². The van der Waals surface area contributed by atoms with Crippen molar-refractivity contribution in [2.45, 2.75) is 13.3 Å². The Bertz CT molecular complexity index is 845. The minimum Gasteiger partial charge on any atom is -0.493 e. The van der Waals surface area contributed by atoms with Crippen molar-refractivity contribution < 1.29 is 9.53 Å². The number of hydrogen-bond donors (Lipinski definition) is 1. The van der Waals surface area contributed by atoms with Gasteiger partial charge in [-0.3, -0.25) is 4.79 Å². The number of nitrogens with zero attached hydrogens (tertiary/aromatic N) is 1. The van der Waals surface area contributed by atoms with Gasteiger partial charge in [-0.05, 0) is 31.2 Å². The van der Waals surface area contributed by atoms with Crippen molar-refractivity contribution in [3.8, 4) is 17.0 Å². The SMILES string of the molecule is Cc1ccc(OCCC(=O)Nc2nc(-c3ccc(Cl)cc3)cs2)cc1. The summed E-state index contributed by atoms with van der Waals surface area (Å²) in [4.78, 5) is 16.4. The summed E-state index contributed by atoms with van der Waals surface area (Å²) in [7, 11) is 0. The number of halogens is 1. The van der Waals surface area contributed by atoms with E-state index in [0.717, 1.165) is 17.0 Å². The molecular weight excluding hydrogens is 356 g/mol. The maximum atomic E-state index is 12.0. The van der Waals surface area contributed by atoms with Gasteiger partial charge in [0, 0.05) is 16.0 Å². The fraction of sp³-hybridized carbons (Fsp3) is 0.158. The van der Waals surface area contributed by atoms with E-state index in [-0.39, 0.29) is 12.3 Å². The Labute approximate surface area is 155 Å². The lowest BCUT2D eigenvalue weighted by atomic mass is 10.2. The van der Waals surface area contributed by atoms with E-state index < -0.39 is 0 Å². The molecule has 4 nitrogen and oxygen atoms in total. The summed E-state index contributed by atoms with van der Waals surface area (Å²) < 4.78 is 5.56. The van der Waals surface area contributed by atoms with Crippen LogP contribution in [-0.4, -0.2) is 17.5 Å². The van der Waals surface area contributed by atoms with Crippen molar-refractivity contribution in [1.29, 1.82) is 0 Å². The summed E-state index contributed by atoms with van der Waals surface area (Å²) >= 11 is 7.28. The van der Waals surface area contributed by atoms with E-state index in [1.54, 1.807) is 0 Å². The minimum absolute atomic E-state index is 0.121. The molecule has 1 aromatic heterocycles. The van der Waals surface area contributed by atoms with Crippen LogP contribution in [0, 0.1) is 6.92 Å². The van der Waals surface area contributed by atoms with E-state index in [1.807, 2.05) is 60.8 Å². The van der Waals surface area contributed by atoms with E-state index in [9.17, 15) is 4.79 Å². The first kappa shape index (κ1) is 17.5. The van der Waals surface area contributed by atoms with E-state index in [2.05, 4.69) is 10.3 Å². The molecule has 6 heteroatoms. The number of rotatable bonds is 6. The lowest BCUT2D eigenvalue weighted by Gasteiger charge is -2.06. The van der Waals surface area contributed by atoms with Crippen molar-refractivity contribution >= 4 is 34.0 Å². The third-order valence-electron chi connectivity index (χ3n) is 3.51. The van der Waals surface area contributed by atoms with Gasteiger partial charge in [-0.2, -0.15) is 0 Å². The predicted octanol–water partition coefficient (Wildman–Crippen LogP) is 5.18. The van der Waals surface area contributed by atoms with Gasteiger partial charge in [0.1, 0.15) is 5.75 Å². The zero-order chi connectivity index (χ0) is 17.6. The number of thiazole rings is 1. The molecule has 0 unspecified atom stereocenters. The first-order chi connectivity index (χ1) is 12.1. The second-order valence-electron chi connectivity index (χ2n) is 5.50. The Kier molecular flexibility index (Phi) is 5.68. The highest BCUT2D eigenvalue weighted by Crippen LogP contribution is 2.26. The number of benzene rings is 2. The van der Waals surface area contributed by atoms with Crippen LogP contribution >= 0.6 is 22.9 Å². The van der Waals surface area contributed by atoms with Crippen LogP contribution in [0.4, 0.5) is 5.13 Å². The highest BCUT2D eigenvalue weighted by molar-refractivity contribution is 7.14. The van der Waals surface area contributed by atoms with E-state index >= 15 is 0 Å². The van der Waals surface area contributed by atoms with E-state index in [1.165, 1.54) is 16.9 Å². The molecule has 0 aliphatic heterocycles. The van der Waals surface area contributed by atoms with Gasteiger partial charge in [0.05, 0.1) is 18.7 Å². The number of aromatic nitrogens is 1. The van der Waals surface area contributed by atoms with Crippen LogP contribution in [0.15, 0.2) is 53.9 Å². The molecule has 0 saturated heterocycles. The monoisotopic (exact) mass is 372 g/mol. The summed E-state index contributed by atoms with van der Waals surface area (Å²) in [5, 5.41) is 5.96. The Balaban J connectivity index is 1.49. The smallest absolute Gasteiger partial charge is 0.229 e. The summed E-state index contributed by atoms with van der Waals surface area (Å²) in [6, 6.07) is 15.2. The number of nitrogens with one attached hydrogen (secondary N) is 1. The number of hydrogen-bond acceptors (Lipinski definition) is 4. The second kappa shape index (κ2) is 8.14.